The Balaban J connectivity index is 1.49. The first-order chi connectivity index (χ1) is 16.8. The number of aliphatic carboxylic acids is 1. The van der Waals surface area contributed by atoms with Gasteiger partial charge in [0.25, 0.3) is 0 Å². The average molecular weight is 519 g/mol. The zero-order chi connectivity index (χ0) is 25.0. The third-order valence-electron chi connectivity index (χ3n) is 6.54. The molecule has 0 radical (unpaired) electrons. The topological polar surface area (TPSA) is 108 Å². The molecule has 4 rings (SSSR count). The lowest BCUT2D eigenvalue weighted by atomic mass is 9.87. The molecule has 0 unspecified atom stereocenters. The number of hydrogen-bond acceptors (Lipinski definition) is 4. The summed E-state index contributed by atoms with van der Waals surface area (Å²) in [5.74, 6) is -1.21. The third kappa shape index (κ3) is 6.06. The van der Waals surface area contributed by atoms with Crippen molar-refractivity contribution in [1.29, 1.82) is 0 Å². The second-order valence-corrected chi connectivity index (χ2v) is 11.2. The van der Waals surface area contributed by atoms with E-state index in [9.17, 15) is 13.2 Å². The van der Waals surface area contributed by atoms with Crippen molar-refractivity contribution in [1.82, 2.24) is 9.71 Å². The average Bonchev–Trinajstić information content (AvgIpc) is 3.18. The van der Waals surface area contributed by atoms with Crippen LogP contribution in [0.2, 0.25) is 5.02 Å². The van der Waals surface area contributed by atoms with Crippen LogP contribution in [0.25, 0.3) is 22.2 Å². The normalized spacial score (nSPS) is 18.7. The Labute approximate surface area is 210 Å². The van der Waals surface area contributed by atoms with Gasteiger partial charge in [-0.2, -0.15) is 0 Å². The molecule has 9 heteroatoms. The maximum atomic E-state index is 13.0. The van der Waals surface area contributed by atoms with E-state index < -0.39 is 21.9 Å². The highest BCUT2D eigenvalue weighted by Gasteiger charge is 2.29. The molecule has 7 nitrogen and oxygen atoms in total. The van der Waals surface area contributed by atoms with Gasteiger partial charge in [-0.15, -0.1) is 0 Å². The molecule has 3 N–H and O–H groups in total. The van der Waals surface area contributed by atoms with Gasteiger partial charge >= 0.3 is 5.97 Å². The molecule has 1 aliphatic carbocycles. The summed E-state index contributed by atoms with van der Waals surface area (Å²) in [4.78, 5) is 14.6. The summed E-state index contributed by atoms with van der Waals surface area (Å²) < 4.78 is 34.3. The highest BCUT2D eigenvalue weighted by Crippen LogP contribution is 2.35. The third-order valence-corrected chi connectivity index (χ3v) is 8.45. The van der Waals surface area contributed by atoms with Crippen molar-refractivity contribution in [2.75, 3.05) is 13.2 Å². The summed E-state index contributed by atoms with van der Waals surface area (Å²) in [6.07, 6.45) is 3.82. The maximum absolute atomic E-state index is 13.0. The number of rotatable bonds is 10. The fourth-order valence-electron chi connectivity index (χ4n) is 4.53. The molecular weight excluding hydrogens is 488 g/mol. The van der Waals surface area contributed by atoms with Crippen molar-refractivity contribution < 1.29 is 23.1 Å². The van der Waals surface area contributed by atoms with Crippen LogP contribution in [0.3, 0.4) is 0 Å². The van der Waals surface area contributed by atoms with Gasteiger partial charge in [0.2, 0.25) is 10.0 Å². The van der Waals surface area contributed by atoms with E-state index >= 15 is 0 Å². The van der Waals surface area contributed by atoms with Crippen molar-refractivity contribution in [2.45, 2.75) is 56.4 Å². The minimum Gasteiger partial charge on any atom is -0.481 e. The lowest BCUT2D eigenvalue weighted by Gasteiger charge is -2.26. The van der Waals surface area contributed by atoms with Crippen LogP contribution in [0.4, 0.5) is 0 Å². The molecule has 0 amide bonds. The van der Waals surface area contributed by atoms with Crippen LogP contribution in [-0.2, 0) is 26.0 Å². The standard InChI is InChI=1S/C26H31ClN2O5S/c1-2-14-34-15-13-17-3-5-18(6-4-17)25-24(27)22-12-11-21(16-23(22)28-25)35(32,33)29-20-9-7-19(8-10-20)26(30)31/h3-6,11-12,16,19-20,28-29H,2,7-10,13-15H2,1H3,(H,30,31). The molecule has 1 heterocycles. The first-order valence-electron chi connectivity index (χ1n) is 12.0. The van der Waals surface area contributed by atoms with Gasteiger partial charge in [-0.05, 0) is 67.9 Å². The smallest absolute Gasteiger partial charge is 0.306 e. The first kappa shape index (κ1) is 25.7. The molecule has 1 aromatic heterocycles. The van der Waals surface area contributed by atoms with Crippen LogP contribution >= 0.6 is 11.6 Å². The zero-order valence-electron chi connectivity index (χ0n) is 19.7. The number of sulfonamides is 1. The maximum Gasteiger partial charge on any atom is 0.306 e. The second-order valence-electron chi connectivity index (χ2n) is 9.09. The molecule has 1 fully saturated rings. The largest absolute Gasteiger partial charge is 0.481 e. The number of fused-ring (bicyclic) bond motifs is 1. The van der Waals surface area contributed by atoms with Gasteiger partial charge < -0.3 is 14.8 Å². The highest BCUT2D eigenvalue weighted by atomic mass is 35.5. The van der Waals surface area contributed by atoms with Crippen molar-refractivity contribution >= 4 is 38.5 Å². The van der Waals surface area contributed by atoms with Crippen molar-refractivity contribution in [3.8, 4) is 11.3 Å². The van der Waals surface area contributed by atoms with Gasteiger partial charge in [0.1, 0.15) is 0 Å². The first-order valence-corrected chi connectivity index (χ1v) is 13.9. The molecule has 0 atom stereocenters. The summed E-state index contributed by atoms with van der Waals surface area (Å²) in [5.41, 5.74) is 3.47. The lowest BCUT2D eigenvalue weighted by Crippen LogP contribution is -2.38. The van der Waals surface area contributed by atoms with Gasteiger partial charge in [-0.1, -0.05) is 42.8 Å². The summed E-state index contributed by atoms with van der Waals surface area (Å²) in [7, 11) is -3.75. The van der Waals surface area contributed by atoms with E-state index in [0.29, 0.717) is 42.8 Å². The zero-order valence-corrected chi connectivity index (χ0v) is 21.3. The van der Waals surface area contributed by atoms with E-state index in [-0.39, 0.29) is 10.9 Å². The monoisotopic (exact) mass is 518 g/mol. The SMILES string of the molecule is CCCOCCc1ccc(-c2[nH]c3cc(S(=O)(=O)NC4CCC(C(=O)O)CC4)ccc3c2Cl)cc1. The Morgan fingerprint density at radius 3 is 2.49 bits per heavy atom. The molecule has 0 saturated heterocycles. The summed E-state index contributed by atoms with van der Waals surface area (Å²) in [6, 6.07) is 12.7. The number of carboxylic acid groups (broad SMARTS) is 1. The van der Waals surface area contributed by atoms with Crippen molar-refractivity contribution in [3.05, 3.63) is 53.1 Å². The van der Waals surface area contributed by atoms with E-state index in [1.807, 2.05) is 24.3 Å². The molecule has 188 valence electrons. The fourth-order valence-corrected chi connectivity index (χ4v) is 6.18. The number of hydrogen-bond donors (Lipinski definition) is 3. The number of carbonyl (C=O) groups is 1. The van der Waals surface area contributed by atoms with E-state index in [2.05, 4.69) is 16.6 Å². The number of ether oxygens (including phenoxy) is 1. The summed E-state index contributed by atoms with van der Waals surface area (Å²) >= 11 is 6.65. The van der Waals surface area contributed by atoms with Gasteiger partial charge in [-0.25, -0.2) is 13.1 Å². The van der Waals surface area contributed by atoms with Crippen molar-refractivity contribution in [2.24, 2.45) is 5.92 Å². The number of benzene rings is 2. The minimum atomic E-state index is -3.75. The van der Waals surface area contributed by atoms with Gasteiger partial charge in [0.15, 0.2) is 0 Å². The van der Waals surface area contributed by atoms with Crippen LogP contribution in [0.5, 0.6) is 0 Å². The van der Waals surface area contributed by atoms with Crippen LogP contribution in [-0.4, -0.2) is 43.7 Å². The van der Waals surface area contributed by atoms with E-state index in [4.69, 9.17) is 21.4 Å². The quantitative estimate of drug-likeness (QED) is 0.312. The molecule has 0 aliphatic heterocycles. The van der Waals surface area contributed by atoms with Gasteiger partial charge in [0.05, 0.1) is 28.1 Å². The molecule has 2 aromatic carbocycles. The van der Waals surface area contributed by atoms with Crippen LogP contribution in [0.1, 0.15) is 44.6 Å². The minimum absolute atomic E-state index is 0.150. The number of aromatic amines is 1. The Morgan fingerprint density at radius 2 is 1.83 bits per heavy atom. The van der Waals surface area contributed by atoms with Gasteiger partial charge in [0, 0.05) is 23.6 Å². The highest BCUT2D eigenvalue weighted by molar-refractivity contribution is 7.89. The summed E-state index contributed by atoms with van der Waals surface area (Å²) in [5, 5.41) is 10.4. The van der Waals surface area contributed by atoms with Gasteiger partial charge in [-0.3, -0.25) is 4.79 Å². The van der Waals surface area contributed by atoms with E-state index in [1.54, 1.807) is 18.2 Å². The number of H-pyrrole nitrogens is 1. The molecule has 3 aromatic rings. The lowest BCUT2D eigenvalue weighted by molar-refractivity contribution is -0.142. The van der Waals surface area contributed by atoms with Crippen molar-refractivity contribution in [3.63, 3.8) is 0 Å². The molecule has 1 saturated carbocycles. The Morgan fingerprint density at radius 1 is 1.11 bits per heavy atom. The van der Waals surface area contributed by atoms with E-state index in [0.717, 1.165) is 36.1 Å². The molecule has 35 heavy (non-hydrogen) atoms. The van der Waals surface area contributed by atoms with Crippen LogP contribution in [0, 0.1) is 5.92 Å². The number of nitrogens with one attached hydrogen (secondary N) is 2. The number of halogens is 1. The summed E-state index contributed by atoms with van der Waals surface area (Å²) in [6.45, 7) is 3.54. The fraction of sp³-hybridized carbons (Fsp3) is 0.423. The predicted molar refractivity (Wildman–Crippen MR) is 137 cm³/mol. The second kappa shape index (κ2) is 11.1. The number of aromatic nitrogens is 1. The van der Waals surface area contributed by atoms with Crippen LogP contribution in [0.15, 0.2) is 47.4 Å². The molecular formula is C26H31ClN2O5S. The predicted octanol–water partition coefficient (Wildman–Crippen LogP) is 5.38. The Bertz CT molecular complexity index is 1280. The number of carboxylic acids is 1. The Hall–Kier alpha value is -2.39. The van der Waals surface area contributed by atoms with Crippen LogP contribution < -0.4 is 4.72 Å². The molecule has 0 bridgehead atoms. The molecule has 1 aliphatic rings. The molecule has 0 spiro atoms. The Kier molecular flexibility index (Phi) is 8.16. The van der Waals surface area contributed by atoms with E-state index in [1.165, 1.54) is 5.56 Å².